The summed E-state index contributed by atoms with van der Waals surface area (Å²) < 4.78 is 5.15. The minimum absolute atomic E-state index is 0.0981. The first kappa shape index (κ1) is 11.7. The highest BCUT2D eigenvalue weighted by molar-refractivity contribution is 5.98. The number of nitrogens with two attached hydrogens (primary N) is 1. The Morgan fingerprint density at radius 1 is 1.47 bits per heavy atom. The molecule has 0 aromatic heterocycles. The van der Waals surface area contributed by atoms with Crippen LogP contribution in [0.3, 0.4) is 0 Å². The zero-order chi connectivity index (χ0) is 11.3. The number of carbonyl (C=O) groups excluding carboxylic acids is 1. The van der Waals surface area contributed by atoms with E-state index in [-0.39, 0.29) is 5.78 Å². The normalized spacial score (nSPS) is 10.1. The highest BCUT2D eigenvalue weighted by Gasteiger charge is 2.11. The van der Waals surface area contributed by atoms with E-state index in [0.29, 0.717) is 24.3 Å². The Balaban J connectivity index is 2.90. The second kappa shape index (κ2) is 5.51. The SMILES string of the molecule is COc1ccc(C)cc1C(=O)CCCN. The lowest BCUT2D eigenvalue weighted by molar-refractivity contribution is 0.0977. The molecule has 0 fully saturated rings. The maximum Gasteiger partial charge on any atom is 0.166 e. The average Bonchev–Trinajstić information content (AvgIpc) is 2.25. The van der Waals surface area contributed by atoms with Crippen molar-refractivity contribution in [1.29, 1.82) is 0 Å². The lowest BCUT2D eigenvalue weighted by Gasteiger charge is -2.08. The van der Waals surface area contributed by atoms with Gasteiger partial charge in [0.15, 0.2) is 5.78 Å². The molecular weight excluding hydrogens is 190 g/mol. The van der Waals surface area contributed by atoms with Crippen LogP contribution >= 0.6 is 0 Å². The lowest BCUT2D eigenvalue weighted by atomic mass is 10.0. The first-order valence-electron chi connectivity index (χ1n) is 5.07. The number of methoxy groups -OCH3 is 1. The van der Waals surface area contributed by atoms with Gasteiger partial charge in [0.25, 0.3) is 0 Å². The summed E-state index contributed by atoms with van der Waals surface area (Å²) in [7, 11) is 1.57. The summed E-state index contributed by atoms with van der Waals surface area (Å²) in [6.45, 7) is 2.50. The first-order chi connectivity index (χ1) is 7.19. The van der Waals surface area contributed by atoms with Gasteiger partial charge in [0.05, 0.1) is 12.7 Å². The zero-order valence-corrected chi connectivity index (χ0v) is 9.25. The molecule has 3 nitrogen and oxygen atoms in total. The molecule has 1 aromatic rings. The molecule has 0 aliphatic carbocycles. The number of carbonyl (C=O) groups is 1. The summed E-state index contributed by atoms with van der Waals surface area (Å²) in [5.74, 6) is 0.739. The predicted octanol–water partition coefficient (Wildman–Crippen LogP) is 1.93. The molecule has 1 rings (SSSR count). The molecular formula is C12H17NO2. The van der Waals surface area contributed by atoms with Gasteiger partial charge < -0.3 is 10.5 Å². The van der Waals surface area contributed by atoms with Crippen molar-refractivity contribution < 1.29 is 9.53 Å². The number of ether oxygens (including phenoxy) is 1. The summed E-state index contributed by atoms with van der Waals surface area (Å²) in [5, 5.41) is 0. The van der Waals surface area contributed by atoms with Crippen LogP contribution in [0.1, 0.15) is 28.8 Å². The van der Waals surface area contributed by atoms with Crippen LogP contribution in [-0.2, 0) is 0 Å². The van der Waals surface area contributed by atoms with E-state index in [2.05, 4.69) is 0 Å². The molecule has 0 radical (unpaired) electrons. The Morgan fingerprint density at radius 2 is 2.20 bits per heavy atom. The van der Waals surface area contributed by atoms with Gasteiger partial charge >= 0.3 is 0 Å². The van der Waals surface area contributed by atoms with Crippen LogP contribution in [0.5, 0.6) is 5.75 Å². The summed E-state index contributed by atoms with van der Waals surface area (Å²) in [4.78, 5) is 11.8. The van der Waals surface area contributed by atoms with Crippen LogP contribution in [0.2, 0.25) is 0 Å². The number of hydrogen-bond acceptors (Lipinski definition) is 3. The van der Waals surface area contributed by atoms with Crippen molar-refractivity contribution in [1.82, 2.24) is 0 Å². The van der Waals surface area contributed by atoms with E-state index in [9.17, 15) is 4.79 Å². The molecule has 0 atom stereocenters. The second-order valence-electron chi connectivity index (χ2n) is 3.52. The smallest absolute Gasteiger partial charge is 0.166 e. The number of Topliss-reactive ketones (excluding diaryl/α,β-unsaturated/α-hetero) is 1. The number of rotatable bonds is 5. The molecule has 3 heteroatoms. The van der Waals surface area contributed by atoms with Crippen LogP contribution in [0.25, 0.3) is 0 Å². The molecule has 0 saturated heterocycles. The van der Waals surface area contributed by atoms with Gasteiger partial charge in [-0.3, -0.25) is 4.79 Å². The van der Waals surface area contributed by atoms with E-state index >= 15 is 0 Å². The highest BCUT2D eigenvalue weighted by Crippen LogP contribution is 2.21. The third kappa shape index (κ3) is 3.06. The van der Waals surface area contributed by atoms with Gasteiger partial charge in [-0.1, -0.05) is 11.6 Å². The van der Waals surface area contributed by atoms with E-state index in [1.54, 1.807) is 7.11 Å². The quantitative estimate of drug-likeness (QED) is 0.750. The van der Waals surface area contributed by atoms with E-state index in [4.69, 9.17) is 10.5 Å². The highest BCUT2D eigenvalue weighted by atomic mass is 16.5. The van der Waals surface area contributed by atoms with Crippen molar-refractivity contribution in [2.24, 2.45) is 5.73 Å². The Labute approximate surface area is 90.2 Å². The zero-order valence-electron chi connectivity index (χ0n) is 9.25. The van der Waals surface area contributed by atoms with Crippen molar-refractivity contribution in [2.75, 3.05) is 13.7 Å². The van der Waals surface area contributed by atoms with Crippen LogP contribution in [0.4, 0.5) is 0 Å². The van der Waals surface area contributed by atoms with Gasteiger partial charge in [-0.25, -0.2) is 0 Å². The van der Waals surface area contributed by atoms with E-state index < -0.39 is 0 Å². The summed E-state index contributed by atoms with van der Waals surface area (Å²) in [6.07, 6.45) is 1.20. The van der Waals surface area contributed by atoms with Crippen LogP contribution in [-0.4, -0.2) is 19.4 Å². The van der Waals surface area contributed by atoms with E-state index in [0.717, 1.165) is 12.0 Å². The number of aryl methyl sites for hydroxylation is 1. The van der Waals surface area contributed by atoms with E-state index in [1.165, 1.54) is 0 Å². The fourth-order valence-corrected chi connectivity index (χ4v) is 1.44. The van der Waals surface area contributed by atoms with Gasteiger partial charge in [0, 0.05) is 6.42 Å². The second-order valence-corrected chi connectivity index (χ2v) is 3.52. The minimum Gasteiger partial charge on any atom is -0.496 e. The van der Waals surface area contributed by atoms with E-state index in [1.807, 2.05) is 25.1 Å². The Hall–Kier alpha value is -1.35. The molecule has 0 aliphatic heterocycles. The van der Waals surface area contributed by atoms with Gasteiger partial charge in [-0.2, -0.15) is 0 Å². The van der Waals surface area contributed by atoms with Gasteiger partial charge in [-0.05, 0) is 32.0 Å². The summed E-state index contributed by atoms with van der Waals surface area (Å²) in [5.41, 5.74) is 7.09. The maximum atomic E-state index is 11.8. The molecule has 0 heterocycles. The predicted molar refractivity (Wildman–Crippen MR) is 60.3 cm³/mol. The van der Waals surface area contributed by atoms with Gasteiger partial charge in [0.1, 0.15) is 5.75 Å². The fraction of sp³-hybridized carbons (Fsp3) is 0.417. The molecule has 15 heavy (non-hydrogen) atoms. The third-order valence-corrected chi connectivity index (χ3v) is 2.26. The Bertz CT molecular complexity index is 347. The number of ketones is 1. The standard InChI is InChI=1S/C12H17NO2/c1-9-5-6-12(15-2)10(8-9)11(14)4-3-7-13/h5-6,8H,3-4,7,13H2,1-2H3. The molecule has 1 aromatic carbocycles. The molecule has 0 amide bonds. The van der Waals surface area contributed by atoms with Gasteiger partial charge in [-0.15, -0.1) is 0 Å². The third-order valence-electron chi connectivity index (χ3n) is 2.26. The molecule has 0 spiro atoms. The topological polar surface area (TPSA) is 52.3 Å². The largest absolute Gasteiger partial charge is 0.496 e. The molecule has 0 saturated carbocycles. The molecule has 82 valence electrons. The lowest BCUT2D eigenvalue weighted by Crippen LogP contribution is -2.06. The summed E-state index contributed by atoms with van der Waals surface area (Å²) >= 11 is 0. The average molecular weight is 207 g/mol. The molecule has 0 bridgehead atoms. The first-order valence-corrected chi connectivity index (χ1v) is 5.07. The van der Waals surface area contributed by atoms with Crippen LogP contribution in [0.15, 0.2) is 18.2 Å². The van der Waals surface area contributed by atoms with Gasteiger partial charge in [0.2, 0.25) is 0 Å². The Morgan fingerprint density at radius 3 is 2.80 bits per heavy atom. The van der Waals surface area contributed by atoms with Crippen molar-refractivity contribution in [3.05, 3.63) is 29.3 Å². The van der Waals surface area contributed by atoms with Crippen molar-refractivity contribution >= 4 is 5.78 Å². The fourth-order valence-electron chi connectivity index (χ4n) is 1.44. The number of benzene rings is 1. The minimum atomic E-state index is 0.0981. The summed E-state index contributed by atoms with van der Waals surface area (Å²) in [6, 6.07) is 5.61. The van der Waals surface area contributed by atoms with Crippen LogP contribution in [0, 0.1) is 6.92 Å². The molecule has 0 unspecified atom stereocenters. The monoisotopic (exact) mass is 207 g/mol. The van der Waals surface area contributed by atoms with Crippen molar-refractivity contribution in [3.8, 4) is 5.75 Å². The van der Waals surface area contributed by atoms with Crippen molar-refractivity contribution in [3.63, 3.8) is 0 Å². The Kier molecular flexibility index (Phi) is 4.31. The molecule has 2 N–H and O–H groups in total. The van der Waals surface area contributed by atoms with Crippen molar-refractivity contribution in [2.45, 2.75) is 19.8 Å². The molecule has 0 aliphatic rings. The van der Waals surface area contributed by atoms with Crippen LogP contribution < -0.4 is 10.5 Å². The number of hydrogen-bond donors (Lipinski definition) is 1. The maximum absolute atomic E-state index is 11.8.